The van der Waals surface area contributed by atoms with Gasteiger partial charge >= 0.3 is 18.1 Å². The number of nitrogens with one attached hydrogen (secondary N) is 2. The van der Waals surface area contributed by atoms with Crippen LogP contribution in [0.5, 0.6) is 11.5 Å². The minimum absolute atomic E-state index is 0.00132. The summed E-state index contributed by atoms with van der Waals surface area (Å²) in [6.07, 6.45) is -4.31. The summed E-state index contributed by atoms with van der Waals surface area (Å²) in [5.74, 6) is -1.29. The molecule has 6 rings (SSSR count). The summed E-state index contributed by atoms with van der Waals surface area (Å²) in [4.78, 5) is 42.2. The number of carbonyl (C=O) groups is 3. The number of carbonyl (C=O) groups excluding carboxylic acids is 3. The third kappa shape index (κ3) is 13.2. The van der Waals surface area contributed by atoms with E-state index in [4.69, 9.17) is 35.3 Å². The van der Waals surface area contributed by atoms with E-state index in [9.17, 15) is 36.0 Å². The van der Waals surface area contributed by atoms with Crippen molar-refractivity contribution in [2.45, 2.75) is 69.5 Å². The molecule has 338 valence electrons. The molecule has 1 unspecified atom stereocenters. The standard InChI is InChI=1S/C43H42F3N5O10S3/c1-4-57-41(54)37(19-28-7-11-30(12-8-28)43(44,45)46)47-40(53)38(51-22-31(49-50-51)23-58-33-15-18-36-39(21-33)63-42(62)48-36)20-29-9-13-32(14-10-29)59-24-34(61-27(3)52)25-60-64(55,56)35-16-5-26(2)6-17-35/h5-18,21-22,34,37-38H,4,19-20,23-25H2,1-3H3,(H,47,53)(H,48,62)/t34?,37-,38-/m0/s1. The molecule has 2 N–H and O–H groups in total. The van der Waals surface area contributed by atoms with Gasteiger partial charge in [-0.2, -0.15) is 21.6 Å². The third-order valence-corrected chi connectivity index (χ3v) is 11.9. The van der Waals surface area contributed by atoms with Gasteiger partial charge in [-0.1, -0.05) is 47.2 Å². The number of alkyl halides is 3. The lowest BCUT2D eigenvalue weighted by atomic mass is 10.0. The van der Waals surface area contributed by atoms with Crippen LogP contribution in [0.25, 0.3) is 10.2 Å². The van der Waals surface area contributed by atoms with Gasteiger partial charge in [-0.3, -0.25) is 13.8 Å². The topological polar surface area (TPSA) is 190 Å². The van der Waals surface area contributed by atoms with E-state index in [0.717, 1.165) is 27.9 Å². The van der Waals surface area contributed by atoms with E-state index in [1.54, 1.807) is 49.4 Å². The van der Waals surface area contributed by atoms with Crippen LogP contribution in [0.1, 0.15) is 47.8 Å². The molecule has 0 fully saturated rings. The van der Waals surface area contributed by atoms with E-state index < -0.39 is 64.5 Å². The number of aromatic amines is 1. The van der Waals surface area contributed by atoms with Crippen LogP contribution in [0, 0.1) is 10.9 Å². The number of nitrogens with zero attached hydrogens (tertiary/aromatic N) is 3. The molecule has 0 aliphatic rings. The molecule has 0 aliphatic carbocycles. The maximum absolute atomic E-state index is 14.2. The monoisotopic (exact) mass is 941 g/mol. The van der Waals surface area contributed by atoms with Crippen LogP contribution in [0.15, 0.2) is 102 Å². The Morgan fingerprint density at radius 3 is 2.25 bits per heavy atom. The molecule has 0 saturated carbocycles. The molecular formula is C43H42F3N5O10S3. The van der Waals surface area contributed by atoms with Gasteiger partial charge in [-0.05, 0) is 91.8 Å². The second-order valence-electron chi connectivity index (χ2n) is 14.3. The number of halogens is 3. The minimum Gasteiger partial charge on any atom is -0.490 e. The Hall–Kier alpha value is -6.16. The first-order valence-corrected chi connectivity index (χ1v) is 22.2. The van der Waals surface area contributed by atoms with Gasteiger partial charge in [-0.15, -0.1) is 16.4 Å². The molecular weight excluding hydrogens is 900 g/mol. The van der Waals surface area contributed by atoms with E-state index in [1.165, 1.54) is 53.4 Å². The molecule has 0 bridgehead atoms. The molecule has 0 aliphatic heterocycles. The van der Waals surface area contributed by atoms with E-state index in [2.05, 4.69) is 20.6 Å². The zero-order chi connectivity index (χ0) is 46.0. The molecule has 3 atom stereocenters. The van der Waals surface area contributed by atoms with Gasteiger partial charge < -0.3 is 29.2 Å². The number of esters is 2. The van der Waals surface area contributed by atoms with Crippen LogP contribution in [0.4, 0.5) is 13.2 Å². The number of hydrogen-bond donors (Lipinski definition) is 2. The van der Waals surface area contributed by atoms with Crippen molar-refractivity contribution in [2.24, 2.45) is 0 Å². The highest BCUT2D eigenvalue weighted by atomic mass is 32.2. The number of amides is 1. The average molecular weight is 942 g/mol. The van der Waals surface area contributed by atoms with Crippen molar-refractivity contribution in [3.05, 3.63) is 129 Å². The number of benzene rings is 4. The Kier molecular flexibility index (Phi) is 15.5. The zero-order valence-corrected chi connectivity index (χ0v) is 36.9. The molecule has 4 aromatic carbocycles. The molecule has 0 spiro atoms. The van der Waals surface area contributed by atoms with Crippen LogP contribution in [-0.4, -0.2) is 78.2 Å². The lowest BCUT2D eigenvalue weighted by molar-refractivity contribution is -0.149. The Morgan fingerprint density at radius 2 is 1.58 bits per heavy atom. The van der Waals surface area contributed by atoms with Crippen LogP contribution >= 0.6 is 23.6 Å². The first-order chi connectivity index (χ1) is 30.4. The van der Waals surface area contributed by atoms with Crippen LogP contribution in [-0.2, 0) is 63.8 Å². The SMILES string of the molecule is CCOC(=O)[C@H](Cc1ccc(C(F)(F)F)cc1)NC(=O)[C@H](Cc1ccc(OCC(COS(=O)(=O)c2ccc(C)cc2)OC(C)=O)cc1)n1cc(COc2ccc3[nH]c(=S)sc3c2)nn1. The lowest BCUT2D eigenvalue weighted by Gasteiger charge is -2.22. The zero-order valence-electron chi connectivity index (χ0n) is 34.5. The van der Waals surface area contributed by atoms with Crippen molar-refractivity contribution in [3.8, 4) is 11.5 Å². The summed E-state index contributed by atoms with van der Waals surface area (Å²) in [5, 5.41) is 11.1. The number of rotatable bonds is 20. The Morgan fingerprint density at radius 1 is 0.906 bits per heavy atom. The van der Waals surface area contributed by atoms with Gasteiger partial charge in [0.1, 0.15) is 49.1 Å². The number of aromatic nitrogens is 4. The predicted molar refractivity (Wildman–Crippen MR) is 230 cm³/mol. The number of H-pyrrole nitrogens is 1. The van der Waals surface area contributed by atoms with Gasteiger partial charge in [0.15, 0.2) is 10.1 Å². The van der Waals surface area contributed by atoms with Crippen molar-refractivity contribution >= 4 is 61.7 Å². The Labute approximate surface area is 374 Å². The molecule has 15 nitrogen and oxygen atoms in total. The second-order valence-corrected chi connectivity index (χ2v) is 17.7. The fourth-order valence-corrected chi connectivity index (χ4v) is 8.28. The van der Waals surface area contributed by atoms with E-state index in [1.807, 2.05) is 19.1 Å². The van der Waals surface area contributed by atoms with Crippen molar-refractivity contribution in [1.82, 2.24) is 25.3 Å². The molecule has 6 aromatic rings. The first-order valence-electron chi connectivity index (χ1n) is 19.6. The van der Waals surface area contributed by atoms with Gasteiger partial charge in [0.2, 0.25) is 5.91 Å². The molecule has 64 heavy (non-hydrogen) atoms. The number of fused-ring (bicyclic) bond motifs is 1. The fraction of sp³-hybridized carbons (Fsp3) is 0.302. The second kappa shape index (κ2) is 21.0. The van der Waals surface area contributed by atoms with Gasteiger partial charge in [0.05, 0.1) is 33.5 Å². The highest BCUT2D eigenvalue weighted by Crippen LogP contribution is 2.30. The number of hydrogen-bond acceptors (Lipinski definition) is 14. The lowest BCUT2D eigenvalue weighted by Crippen LogP contribution is -2.46. The first kappa shape index (κ1) is 47.3. The van der Waals surface area contributed by atoms with Gasteiger partial charge in [-0.25, -0.2) is 9.48 Å². The van der Waals surface area contributed by atoms with Crippen molar-refractivity contribution < 1.29 is 59.1 Å². The van der Waals surface area contributed by atoms with Crippen molar-refractivity contribution in [1.29, 1.82) is 0 Å². The van der Waals surface area contributed by atoms with Crippen molar-refractivity contribution in [3.63, 3.8) is 0 Å². The third-order valence-electron chi connectivity index (χ3n) is 9.41. The van der Waals surface area contributed by atoms with Gasteiger partial charge in [0, 0.05) is 19.8 Å². The summed E-state index contributed by atoms with van der Waals surface area (Å²) < 4.78 is 95.6. The van der Waals surface area contributed by atoms with Crippen LogP contribution in [0.3, 0.4) is 0 Å². The predicted octanol–water partition coefficient (Wildman–Crippen LogP) is 7.25. The minimum atomic E-state index is -4.56. The van der Waals surface area contributed by atoms with E-state index in [-0.39, 0.29) is 37.6 Å². The number of thiazole rings is 1. The fourth-order valence-electron chi connectivity index (χ4n) is 6.20. The van der Waals surface area contributed by atoms with Crippen LogP contribution < -0.4 is 14.8 Å². The van der Waals surface area contributed by atoms with E-state index in [0.29, 0.717) is 32.3 Å². The smallest absolute Gasteiger partial charge is 0.416 e. The molecule has 1 amide bonds. The summed E-state index contributed by atoms with van der Waals surface area (Å²) in [6.45, 7) is 3.75. The Balaban J connectivity index is 1.18. The molecule has 21 heteroatoms. The summed E-state index contributed by atoms with van der Waals surface area (Å²) in [6, 6.07) is 19.8. The highest BCUT2D eigenvalue weighted by Gasteiger charge is 2.32. The summed E-state index contributed by atoms with van der Waals surface area (Å²) in [5.41, 5.74) is 2.17. The summed E-state index contributed by atoms with van der Waals surface area (Å²) >= 11 is 6.63. The molecule has 0 radical (unpaired) electrons. The maximum atomic E-state index is 14.2. The quantitative estimate of drug-likeness (QED) is 0.0443. The Bertz CT molecular complexity index is 2720. The van der Waals surface area contributed by atoms with E-state index >= 15 is 0 Å². The van der Waals surface area contributed by atoms with Crippen LogP contribution in [0.2, 0.25) is 0 Å². The molecule has 2 heterocycles. The largest absolute Gasteiger partial charge is 0.490 e. The average Bonchev–Trinajstić information content (AvgIpc) is 3.88. The summed E-state index contributed by atoms with van der Waals surface area (Å²) in [7, 11) is -4.16. The van der Waals surface area contributed by atoms with Crippen molar-refractivity contribution in [2.75, 3.05) is 19.8 Å². The molecule has 2 aromatic heterocycles. The number of ether oxygens (including phenoxy) is 4. The van der Waals surface area contributed by atoms with Gasteiger partial charge in [0.25, 0.3) is 10.1 Å². The highest BCUT2D eigenvalue weighted by molar-refractivity contribution is 7.86. The maximum Gasteiger partial charge on any atom is 0.416 e. The molecule has 0 saturated heterocycles. The normalized spacial score (nSPS) is 13.2. The number of aryl methyl sites for hydroxylation is 1.